The van der Waals surface area contributed by atoms with Gasteiger partial charge in [-0.3, -0.25) is 34.2 Å². The van der Waals surface area contributed by atoms with Gasteiger partial charge >= 0.3 is 0 Å². The van der Waals surface area contributed by atoms with Crippen LogP contribution in [-0.2, 0) is 35.2 Å². The number of allylic oxidation sites excluding steroid dienone is 1. The number of piperidine rings is 1. The zero-order chi connectivity index (χ0) is 41.7. The number of hydrogen-bond acceptors (Lipinski definition) is 12. The molecule has 18 heteroatoms. The third-order valence-electron chi connectivity index (χ3n) is 10.8. The number of benzene rings is 2. The number of hydrogen-bond donors (Lipinski definition) is 3. The SMILES string of the molecule is COC1=CC2=NC=NC(Nc3ccc(F)c(Cl)c3)C2(C)C=C1NC(=O)/C=C/CN1CCN(C(=O)COCCSc2cccc3c2CN(C2CCC(=O)NC2=O)C3=O)CC1. The fourth-order valence-corrected chi connectivity index (χ4v) is 8.65. The predicted octanol–water partition coefficient (Wildman–Crippen LogP) is 3.52. The molecule has 2 saturated heterocycles. The van der Waals surface area contributed by atoms with Crippen molar-refractivity contribution in [2.45, 2.75) is 43.4 Å². The molecule has 7 rings (SSSR count). The van der Waals surface area contributed by atoms with Crippen LogP contribution in [0.3, 0.4) is 0 Å². The Morgan fingerprint density at radius 1 is 1.15 bits per heavy atom. The van der Waals surface area contributed by atoms with Crippen molar-refractivity contribution in [1.82, 2.24) is 25.3 Å². The predicted molar refractivity (Wildman–Crippen MR) is 220 cm³/mol. The van der Waals surface area contributed by atoms with Crippen LogP contribution in [0, 0.1) is 11.2 Å². The second kappa shape index (κ2) is 18.3. The van der Waals surface area contributed by atoms with Crippen molar-refractivity contribution in [3.05, 3.63) is 94.1 Å². The number of anilines is 1. The van der Waals surface area contributed by atoms with E-state index in [1.165, 1.54) is 48.3 Å². The molecule has 0 radical (unpaired) electrons. The molecule has 15 nitrogen and oxygen atoms in total. The third kappa shape index (κ3) is 9.43. The first-order valence-electron chi connectivity index (χ1n) is 19.2. The Kier molecular flexibility index (Phi) is 12.9. The number of piperazine rings is 1. The van der Waals surface area contributed by atoms with Gasteiger partial charge in [-0.2, -0.15) is 0 Å². The summed E-state index contributed by atoms with van der Waals surface area (Å²) in [6, 6.07) is 9.16. The van der Waals surface area contributed by atoms with Crippen LogP contribution in [0.2, 0.25) is 5.02 Å². The fourth-order valence-electron chi connectivity index (χ4n) is 7.53. The molecule has 3 atom stereocenters. The van der Waals surface area contributed by atoms with Gasteiger partial charge in [0.1, 0.15) is 36.7 Å². The summed E-state index contributed by atoms with van der Waals surface area (Å²) in [5.41, 5.74) is 2.32. The number of rotatable bonds is 14. The van der Waals surface area contributed by atoms with E-state index in [4.69, 9.17) is 21.1 Å². The van der Waals surface area contributed by atoms with E-state index in [9.17, 15) is 28.4 Å². The molecule has 2 fully saturated rings. The number of ether oxygens (including phenoxy) is 2. The number of nitrogens with one attached hydrogen (secondary N) is 3. The number of thioether (sulfide) groups is 1. The number of carbonyl (C=O) groups is 5. The Morgan fingerprint density at radius 3 is 2.73 bits per heavy atom. The monoisotopic (exact) mass is 846 g/mol. The van der Waals surface area contributed by atoms with Gasteiger partial charge in [0.25, 0.3) is 5.91 Å². The molecule has 0 saturated carbocycles. The van der Waals surface area contributed by atoms with E-state index < -0.39 is 29.3 Å². The van der Waals surface area contributed by atoms with E-state index in [0.29, 0.717) is 86.5 Å². The van der Waals surface area contributed by atoms with Crippen LogP contribution in [0.15, 0.2) is 87.0 Å². The number of methoxy groups -OCH3 is 1. The minimum atomic E-state index is -0.790. The van der Waals surface area contributed by atoms with E-state index in [0.717, 1.165) is 10.5 Å². The zero-order valence-electron chi connectivity index (χ0n) is 32.5. The first kappa shape index (κ1) is 41.8. The standard InChI is InChI=1S/C41H44ClFN8O7S/c1-41-21-30(32(57-2)20-34(41)44-24-45-40(41)46-25-8-9-29(43)28(42)19-25)47-35(52)7-4-12-49-13-15-50(16-14-49)37(54)23-58-17-18-59-33-6-3-5-26-27(33)22-51(39(26)56)31-10-11-36(53)48-38(31)55/h3-9,19-21,24,31,40,46H,10-18,22-23H2,1-2H3,(H,47,52)(H,48,53,55)/b7-4+. The average molecular weight is 847 g/mol. The fraction of sp³-hybridized carbons (Fsp3) is 0.390. The van der Waals surface area contributed by atoms with Crippen LogP contribution in [0.5, 0.6) is 0 Å². The Hall–Kier alpha value is -5.36. The molecule has 2 aromatic rings. The van der Waals surface area contributed by atoms with Crippen molar-refractivity contribution >= 4 is 70.6 Å². The molecule has 2 aromatic carbocycles. The smallest absolute Gasteiger partial charge is 0.255 e. The molecule has 0 aromatic heterocycles. The van der Waals surface area contributed by atoms with Gasteiger partial charge in [0.15, 0.2) is 0 Å². The van der Waals surface area contributed by atoms with Gasteiger partial charge in [0.05, 0.1) is 35.6 Å². The summed E-state index contributed by atoms with van der Waals surface area (Å²) in [5.74, 6) is -0.948. The molecule has 0 bridgehead atoms. The second-order valence-electron chi connectivity index (χ2n) is 14.7. The van der Waals surface area contributed by atoms with Gasteiger partial charge in [-0.15, -0.1) is 11.8 Å². The van der Waals surface area contributed by atoms with E-state index in [1.54, 1.807) is 29.2 Å². The highest BCUT2D eigenvalue weighted by Crippen LogP contribution is 2.38. The molecule has 5 aliphatic rings. The van der Waals surface area contributed by atoms with Gasteiger partial charge < -0.3 is 29.9 Å². The van der Waals surface area contributed by atoms with E-state index in [-0.39, 0.29) is 41.7 Å². The van der Waals surface area contributed by atoms with Gasteiger partial charge in [-0.1, -0.05) is 23.7 Å². The van der Waals surface area contributed by atoms with Crippen molar-refractivity contribution in [2.75, 3.05) is 64.1 Å². The normalized spacial score (nSPS) is 23.0. The van der Waals surface area contributed by atoms with Crippen molar-refractivity contribution in [3.8, 4) is 0 Å². The van der Waals surface area contributed by atoms with Crippen molar-refractivity contribution < 1.29 is 37.8 Å². The number of carbonyl (C=O) groups excluding carboxylic acids is 5. The van der Waals surface area contributed by atoms with Crippen molar-refractivity contribution in [1.29, 1.82) is 0 Å². The van der Waals surface area contributed by atoms with Gasteiger partial charge in [-0.05, 0) is 55.3 Å². The third-order valence-corrected chi connectivity index (χ3v) is 12.2. The van der Waals surface area contributed by atoms with E-state index in [2.05, 4.69) is 30.8 Å². The quantitative estimate of drug-likeness (QED) is 0.111. The summed E-state index contributed by atoms with van der Waals surface area (Å²) >= 11 is 7.52. The lowest BCUT2D eigenvalue weighted by Gasteiger charge is -2.38. The first-order chi connectivity index (χ1) is 28.4. The number of nitrogens with zero attached hydrogens (tertiary/aromatic N) is 5. The molecule has 59 heavy (non-hydrogen) atoms. The zero-order valence-corrected chi connectivity index (χ0v) is 34.1. The lowest BCUT2D eigenvalue weighted by atomic mass is 9.76. The molecule has 3 N–H and O–H groups in total. The van der Waals surface area contributed by atoms with Gasteiger partial charge in [0.2, 0.25) is 23.6 Å². The van der Waals surface area contributed by atoms with Crippen LogP contribution in [0.4, 0.5) is 10.1 Å². The number of aliphatic imine (C=N–C) groups is 2. The average Bonchev–Trinajstić information content (AvgIpc) is 3.55. The van der Waals surface area contributed by atoms with Crippen LogP contribution in [-0.4, -0.2) is 127 Å². The maximum absolute atomic E-state index is 13.8. The summed E-state index contributed by atoms with van der Waals surface area (Å²) in [4.78, 5) is 78.4. The Morgan fingerprint density at radius 2 is 1.97 bits per heavy atom. The number of amides is 5. The molecule has 0 spiro atoms. The summed E-state index contributed by atoms with van der Waals surface area (Å²) < 4.78 is 25.1. The summed E-state index contributed by atoms with van der Waals surface area (Å²) in [6.45, 7) is 5.37. The number of imide groups is 1. The molecule has 310 valence electrons. The Bertz CT molecular complexity index is 2190. The summed E-state index contributed by atoms with van der Waals surface area (Å²) in [7, 11) is 1.51. The van der Waals surface area contributed by atoms with E-state index >= 15 is 0 Å². The highest BCUT2D eigenvalue weighted by atomic mass is 35.5. The summed E-state index contributed by atoms with van der Waals surface area (Å²) in [5, 5.41) is 8.51. The van der Waals surface area contributed by atoms with Crippen LogP contribution in [0.1, 0.15) is 35.7 Å². The second-order valence-corrected chi connectivity index (χ2v) is 16.2. The van der Waals surface area contributed by atoms with Crippen LogP contribution >= 0.6 is 23.4 Å². The highest BCUT2D eigenvalue weighted by molar-refractivity contribution is 7.99. The minimum Gasteiger partial charge on any atom is -0.495 e. The molecule has 5 amide bonds. The Labute approximate surface area is 349 Å². The molecular weight excluding hydrogens is 803 g/mol. The maximum atomic E-state index is 13.8. The van der Waals surface area contributed by atoms with Crippen molar-refractivity contribution in [3.63, 3.8) is 0 Å². The number of halogens is 2. The first-order valence-corrected chi connectivity index (χ1v) is 20.5. The molecule has 3 unspecified atom stereocenters. The number of fused-ring (bicyclic) bond motifs is 2. The lowest BCUT2D eigenvalue weighted by molar-refractivity contribution is -0.138. The summed E-state index contributed by atoms with van der Waals surface area (Å²) in [6.07, 6.45) is 8.25. The topological polar surface area (TPSA) is 174 Å². The minimum absolute atomic E-state index is 0.0179. The van der Waals surface area contributed by atoms with Crippen molar-refractivity contribution in [2.24, 2.45) is 15.4 Å². The largest absolute Gasteiger partial charge is 0.495 e. The van der Waals surface area contributed by atoms with Crippen LogP contribution < -0.4 is 16.0 Å². The van der Waals surface area contributed by atoms with E-state index in [1.807, 2.05) is 25.1 Å². The van der Waals surface area contributed by atoms with Gasteiger partial charge in [-0.25, -0.2) is 14.4 Å². The lowest BCUT2D eigenvalue weighted by Crippen LogP contribution is -2.52. The highest BCUT2D eigenvalue weighted by Gasteiger charge is 2.43. The van der Waals surface area contributed by atoms with Gasteiger partial charge in [0, 0.05) is 79.7 Å². The Balaban J connectivity index is 0.825. The van der Waals surface area contributed by atoms with Crippen LogP contribution in [0.25, 0.3) is 0 Å². The molecule has 4 heterocycles. The maximum Gasteiger partial charge on any atom is 0.255 e. The molecular formula is C41H44ClFN8O7S. The molecule has 4 aliphatic heterocycles. The molecule has 1 aliphatic carbocycles.